The van der Waals surface area contributed by atoms with Crippen molar-refractivity contribution in [2.24, 2.45) is 5.92 Å². The van der Waals surface area contributed by atoms with Crippen molar-refractivity contribution in [1.82, 2.24) is 25.4 Å². The van der Waals surface area contributed by atoms with Crippen LogP contribution in [0.15, 0.2) is 42.6 Å². The Hall–Kier alpha value is -3.39. The molecule has 2 aromatic heterocycles. The van der Waals surface area contributed by atoms with E-state index in [1.807, 2.05) is 61.1 Å². The molecule has 41 heavy (non-hydrogen) atoms. The number of carbonyl (C=O) groups is 1. The molecule has 1 aromatic carbocycles. The lowest BCUT2D eigenvalue weighted by molar-refractivity contribution is 0.0953. The first-order valence-electron chi connectivity index (χ1n) is 15.6. The predicted octanol–water partition coefficient (Wildman–Crippen LogP) is 7.42. The Balaban J connectivity index is 1.22. The molecule has 222 valence electrons. The molecule has 1 aliphatic rings. The fraction of sp³-hybridized carbons (Fsp3) is 0.545. The van der Waals surface area contributed by atoms with Crippen LogP contribution in [0, 0.1) is 19.8 Å². The fourth-order valence-electron chi connectivity index (χ4n) is 5.18. The molecule has 4 N–H and O–H groups in total. The molecule has 2 heterocycles. The molecule has 0 bridgehead atoms. The van der Waals surface area contributed by atoms with Crippen LogP contribution in [0.25, 0.3) is 0 Å². The number of amides is 1. The molecule has 1 fully saturated rings. The number of aryl methyl sites for hydroxylation is 2. The molecule has 0 radical (unpaired) electrons. The molecule has 1 saturated carbocycles. The Labute approximate surface area is 246 Å². The number of unbranched alkanes of at least 4 members (excludes halogenated alkanes) is 5. The molecular weight excluding hydrogens is 510 g/mol. The van der Waals surface area contributed by atoms with Gasteiger partial charge in [0.05, 0.1) is 16.9 Å². The molecule has 1 amide bonds. The molecule has 0 aliphatic heterocycles. The molecule has 0 saturated heterocycles. The van der Waals surface area contributed by atoms with E-state index in [9.17, 15) is 4.79 Å². The zero-order chi connectivity index (χ0) is 29.0. The second kappa shape index (κ2) is 15.6. The maximum atomic E-state index is 13.1. The van der Waals surface area contributed by atoms with Gasteiger partial charge in [-0.25, -0.2) is 9.67 Å². The van der Waals surface area contributed by atoms with Gasteiger partial charge in [0.15, 0.2) is 0 Å². The van der Waals surface area contributed by atoms with E-state index < -0.39 is 0 Å². The quantitative estimate of drug-likeness (QED) is 0.129. The number of hydrogen-bond acceptors (Lipinski definition) is 6. The Bertz CT molecular complexity index is 1250. The first kappa shape index (κ1) is 30.6. The van der Waals surface area contributed by atoms with Gasteiger partial charge in [0.25, 0.3) is 5.91 Å². The summed E-state index contributed by atoms with van der Waals surface area (Å²) in [6, 6.07) is 11.9. The smallest absolute Gasteiger partial charge is 0.253 e. The maximum absolute atomic E-state index is 13.1. The number of rotatable bonds is 17. The van der Waals surface area contributed by atoms with Gasteiger partial charge >= 0.3 is 0 Å². The topological polar surface area (TPSA) is 95.9 Å². The van der Waals surface area contributed by atoms with Crippen LogP contribution in [0.2, 0.25) is 0 Å². The highest BCUT2D eigenvalue weighted by Crippen LogP contribution is 2.28. The van der Waals surface area contributed by atoms with Gasteiger partial charge in [-0.1, -0.05) is 44.2 Å². The average molecular weight is 560 g/mol. The van der Waals surface area contributed by atoms with Gasteiger partial charge in [0, 0.05) is 36.6 Å². The number of nitrogens with one attached hydrogen (secondary N) is 4. The van der Waals surface area contributed by atoms with Crippen LogP contribution in [-0.2, 0) is 0 Å². The number of benzene rings is 1. The van der Waals surface area contributed by atoms with Crippen LogP contribution in [0.4, 0.5) is 23.0 Å². The van der Waals surface area contributed by atoms with E-state index in [0.29, 0.717) is 17.9 Å². The largest absolute Gasteiger partial charge is 0.355 e. The standard InChI is InChI=1S/C33H49N7O/c1-24(2)40-32(20-26(4)39-40)38-31-21-30(25(3)22-36-31)37-29-17-10-9-16-28(29)33(41)35-19-12-8-6-5-7-11-18-34-23-27-14-13-15-27/h9-10,16-17,20-22,24,27,34H,5-8,11-15,18-19,23H2,1-4H3,(H,35,41)(H2,36,37,38). The highest BCUT2D eigenvalue weighted by atomic mass is 16.1. The summed E-state index contributed by atoms with van der Waals surface area (Å²) in [5, 5.41) is 18.2. The normalized spacial score (nSPS) is 13.3. The molecule has 4 rings (SSSR count). The minimum absolute atomic E-state index is 0.0491. The number of carbonyl (C=O) groups excluding carboxylic acids is 1. The lowest BCUT2D eigenvalue weighted by atomic mass is 9.85. The first-order chi connectivity index (χ1) is 19.9. The zero-order valence-corrected chi connectivity index (χ0v) is 25.4. The monoisotopic (exact) mass is 559 g/mol. The third kappa shape index (κ3) is 9.32. The van der Waals surface area contributed by atoms with E-state index in [-0.39, 0.29) is 11.9 Å². The second-order valence-corrected chi connectivity index (χ2v) is 11.8. The van der Waals surface area contributed by atoms with Crippen molar-refractivity contribution in [1.29, 1.82) is 0 Å². The number of pyridine rings is 1. The summed E-state index contributed by atoms with van der Waals surface area (Å²) in [7, 11) is 0. The van der Waals surface area contributed by atoms with Crippen molar-refractivity contribution >= 4 is 28.9 Å². The summed E-state index contributed by atoms with van der Waals surface area (Å²) in [5.74, 6) is 2.51. The van der Waals surface area contributed by atoms with E-state index >= 15 is 0 Å². The van der Waals surface area contributed by atoms with Crippen molar-refractivity contribution < 1.29 is 4.79 Å². The van der Waals surface area contributed by atoms with Crippen LogP contribution in [0.3, 0.4) is 0 Å². The molecule has 3 aromatic rings. The third-order valence-electron chi connectivity index (χ3n) is 7.87. The number of hydrogen-bond donors (Lipinski definition) is 4. The number of anilines is 4. The lowest BCUT2D eigenvalue weighted by Gasteiger charge is -2.25. The average Bonchev–Trinajstić information content (AvgIpc) is 3.30. The number of para-hydroxylation sites is 1. The summed E-state index contributed by atoms with van der Waals surface area (Å²) in [6.45, 7) is 11.3. The zero-order valence-electron chi connectivity index (χ0n) is 25.4. The van der Waals surface area contributed by atoms with Crippen LogP contribution in [0.1, 0.15) is 99.3 Å². The first-order valence-corrected chi connectivity index (χ1v) is 15.6. The molecule has 0 spiro atoms. The van der Waals surface area contributed by atoms with Crippen molar-refractivity contribution in [3.63, 3.8) is 0 Å². The van der Waals surface area contributed by atoms with Crippen LogP contribution in [0.5, 0.6) is 0 Å². The summed E-state index contributed by atoms with van der Waals surface area (Å²) in [4.78, 5) is 17.6. The Morgan fingerprint density at radius 1 is 0.951 bits per heavy atom. The summed E-state index contributed by atoms with van der Waals surface area (Å²) in [5.41, 5.74) is 4.26. The van der Waals surface area contributed by atoms with Crippen LogP contribution < -0.4 is 21.3 Å². The molecule has 0 atom stereocenters. The van der Waals surface area contributed by atoms with E-state index in [1.54, 1.807) is 0 Å². The van der Waals surface area contributed by atoms with Gasteiger partial charge in [-0.15, -0.1) is 0 Å². The van der Waals surface area contributed by atoms with Crippen molar-refractivity contribution in [3.8, 4) is 0 Å². The van der Waals surface area contributed by atoms with E-state index in [0.717, 1.165) is 53.8 Å². The van der Waals surface area contributed by atoms with Gasteiger partial charge in [0.1, 0.15) is 11.6 Å². The van der Waals surface area contributed by atoms with E-state index in [1.165, 1.54) is 51.5 Å². The second-order valence-electron chi connectivity index (χ2n) is 11.8. The molecule has 8 heteroatoms. The Morgan fingerprint density at radius 2 is 1.68 bits per heavy atom. The lowest BCUT2D eigenvalue weighted by Crippen LogP contribution is -2.27. The van der Waals surface area contributed by atoms with Crippen molar-refractivity contribution in [3.05, 3.63) is 59.4 Å². The Morgan fingerprint density at radius 3 is 2.41 bits per heavy atom. The number of nitrogens with zero attached hydrogens (tertiary/aromatic N) is 3. The van der Waals surface area contributed by atoms with Crippen LogP contribution in [-0.4, -0.2) is 40.3 Å². The highest BCUT2D eigenvalue weighted by molar-refractivity contribution is 6.00. The maximum Gasteiger partial charge on any atom is 0.253 e. The van der Waals surface area contributed by atoms with Gasteiger partial charge in [-0.3, -0.25) is 4.79 Å². The fourth-order valence-corrected chi connectivity index (χ4v) is 5.18. The van der Waals surface area contributed by atoms with Gasteiger partial charge in [-0.2, -0.15) is 5.10 Å². The molecule has 1 aliphatic carbocycles. The Kier molecular flexibility index (Phi) is 11.6. The summed E-state index contributed by atoms with van der Waals surface area (Å²) < 4.78 is 1.96. The molecule has 0 unspecified atom stereocenters. The van der Waals surface area contributed by atoms with Gasteiger partial charge in [0.2, 0.25) is 0 Å². The van der Waals surface area contributed by atoms with Crippen molar-refractivity contribution in [2.75, 3.05) is 30.3 Å². The minimum Gasteiger partial charge on any atom is -0.355 e. The third-order valence-corrected chi connectivity index (χ3v) is 7.87. The highest BCUT2D eigenvalue weighted by Gasteiger charge is 2.16. The van der Waals surface area contributed by atoms with E-state index in [2.05, 4.69) is 45.2 Å². The SMILES string of the molecule is Cc1cc(Nc2cc(Nc3ccccc3C(=O)NCCCCCCCCNCC3CCC3)c(C)cn2)n(C(C)C)n1. The van der Waals surface area contributed by atoms with E-state index in [4.69, 9.17) is 0 Å². The molecule has 8 nitrogen and oxygen atoms in total. The predicted molar refractivity (Wildman–Crippen MR) is 170 cm³/mol. The summed E-state index contributed by atoms with van der Waals surface area (Å²) >= 11 is 0. The number of aromatic nitrogens is 3. The van der Waals surface area contributed by atoms with Crippen molar-refractivity contribution in [2.45, 2.75) is 91.5 Å². The molecular formula is C33H49N7O. The van der Waals surface area contributed by atoms with Gasteiger partial charge in [-0.05, 0) is 90.1 Å². The summed E-state index contributed by atoms with van der Waals surface area (Å²) in [6.07, 6.45) is 13.3. The minimum atomic E-state index is -0.0491. The van der Waals surface area contributed by atoms with Crippen LogP contribution >= 0.6 is 0 Å². The van der Waals surface area contributed by atoms with Gasteiger partial charge < -0.3 is 21.3 Å².